The Morgan fingerprint density at radius 1 is 1.38 bits per heavy atom. The van der Waals surface area contributed by atoms with E-state index >= 15 is 0 Å². The first-order valence-corrected chi connectivity index (χ1v) is 7.17. The van der Waals surface area contributed by atoms with E-state index in [4.69, 9.17) is 4.74 Å². The van der Waals surface area contributed by atoms with Gasteiger partial charge in [0.15, 0.2) is 0 Å². The van der Waals surface area contributed by atoms with Gasteiger partial charge in [-0.3, -0.25) is 4.79 Å². The van der Waals surface area contributed by atoms with Crippen LogP contribution < -0.4 is 15.4 Å². The first-order valence-electron chi connectivity index (χ1n) is 7.17. The highest BCUT2D eigenvalue weighted by molar-refractivity contribution is 5.91. The van der Waals surface area contributed by atoms with Crippen molar-refractivity contribution in [3.05, 3.63) is 24.3 Å². The van der Waals surface area contributed by atoms with Gasteiger partial charge in [-0.2, -0.15) is 0 Å². The van der Waals surface area contributed by atoms with Crippen molar-refractivity contribution in [2.24, 2.45) is 0 Å². The Hall–Kier alpha value is -2.24. The number of hydrogen-bond donors (Lipinski definition) is 2. The van der Waals surface area contributed by atoms with E-state index < -0.39 is 0 Å². The number of urea groups is 1. The van der Waals surface area contributed by atoms with Crippen LogP contribution in [-0.2, 0) is 4.79 Å². The highest BCUT2D eigenvalue weighted by Gasteiger charge is 2.40. The number of hydrogen-bond acceptors (Lipinski definition) is 3. The lowest BCUT2D eigenvalue weighted by molar-refractivity contribution is -0.121. The van der Waals surface area contributed by atoms with Gasteiger partial charge in [-0.25, -0.2) is 4.79 Å². The number of ether oxygens (including phenoxy) is 1. The predicted molar refractivity (Wildman–Crippen MR) is 78.3 cm³/mol. The number of carbonyl (C=O) groups is 2. The van der Waals surface area contributed by atoms with Crippen LogP contribution in [0.5, 0.6) is 5.75 Å². The first kappa shape index (κ1) is 13.7. The highest BCUT2D eigenvalue weighted by atomic mass is 16.5. The lowest BCUT2D eigenvalue weighted by Crippen LogP contribution is -2.44. The fourth-order valence-electron chi connectivity index (χ4n) is 3.10. The van der Waals surface area contributed by atoms with Gasteiger partial charge in [0.05, 0.1) is 13.2 Å². The molecule has 2 N–H and O–H groups in total. The molecule has 112 valence electrons. The smallest absolute Gasteiger partial charge is 0.322 e. The normalized spacial score (nSPS) is 24.2. The van der Waals surface area contributed by atoms with E-state index in [0.29, 0.717) is 24.4 Å². The number of fused-ring (bicyclic) bond motifs is 2. The summed E-state index contributed by atoms with van der Waals surface area (Å²) in [6.45, 7) is 0.543. The summed E-state index contributed by atoms with van der Waals surface area (Å²) in [6, 6.07) is 7.21. The Bertz CT molecular complexity index is 561. The van der Waals surface area contributed by atoms with Crippen molar-refractivity contribution in [1.29, 1.82) is 0 Å². The van der Waals surface area contributed by atoms with Crippen molar-refractivity contribution < 1.29 is 14.3 Å². The predicted octanol–water partition coefficient (Wildman–Crippen LogP) is 1.58. The molecule has 2 bridgehead atoms. The average Bonchev–Trinajstić information content (AvgIpc) is 2.79. The highest BCUT2D eigenvalue weighted by Crippen LogP contribution is 2.29. The first-order chi connectivity index (χ1) is 10.2. The van der Waals surface area contributed by atoms with Crippen LogP contribution in [0.4, 0.5) is 10.5 Å². The van der Waals surface area contributed by atoms with E-state index in [1.54, 1.807) is 13.2 Å². The molecule has 3 rings (SSSR count). The van der Waals surface area contributed by atoms with E-state index in [1.165, 1.54) is 0 Å². The largest absolute Gasteiger partial charge is 0.497 e. The van der Waals surface area contributed by atoms with Crippen molar-refractivity contribution >= 4 is 17.6 Å². The zero-order valence-electron chi connectivity index (χ0n) is 12.0. The molecule has 3 amide bonds. The summed E-state index contributed by atoms with van der Waals surface area (Å²) >= 11 is 0. The number of carbonyl (C=O) groups excluding carboxylic acids is 2. The van der Waals surface area contributed by atoms with E-state index in [9.17, 15) is 9.59 Å². The maximum Gasteiger partial charge on any atom is 0.322 e. The van der Waals surface area contributed by atoms with Crippen molar-refractivity contribution in [2.75, 3.05) is 19.0 Å². The maximum atomic E-state index is 12.5. The van der Waals surface area contributed by atoms with Gasteiger partial charge in [0, 0.05) is 30.8 Å². The number of nitrogens with zero attached hydrogens (tertiary/aromatic N) is 1. The summed E-state index contributed by atoms with van der Waals surface area (Å²) in [6.07, 6.45) is 2.22. The number of benzene rings is 1. The minimum atomic E-state index is -0.146. The van der Waals surface area contributed by atoms with Crippen molar-refractivity contribution in [3.63, 3.8) is 0 Å². The standard InChI is InChI=1S/C15H19N3O3/c1-21-13-4-2-3-10(7-13)17-15(20)18-11-5-6-12(18)9-16-14(19)8-11/h2-4,7,11-12H,5-6,8-9H2,1H3,(H,16,19)(H,17,20)/t11-,12+/m1/s1. The molecule has 2 heterocycles. The lowest BCUT2D eigenvalue weighted by Gasteiger charge is -2.27. The van der Waals surface area contributed by atoms with Crippen LogP contribution in [-0.4, -0.2) is 42.6 Å². The summed E-state index contributed by atoms with van der Waals surface area (Å²) in [5.41, 5.74) is 0.697. The van der Waals surface area contributed by atoms with Gasteiger partial charge < -0.3 is 20.3 Å². The maximum absolute atomic E-state index is 12.5. The average molecular weight is 289 g/mol. The molecule has 0 aliphatic carbocycles. The molecule has 2 fully saturated rings. The lowest BCUT2D eigenvalue weighted by atomic mass is 10.1. The molecule has 2 aliphatic rings. The molecular formula is C15H19N3O3. The Kier molecular flexibility index (Phi) is 3.68. The van der Waals surface area contributed by atoms with Crippen molar-refractivity contribution in [2.45, 2.75) is 31.3 Å². The van der Waals surface area contributed by atoms with Gasteiger partial charge in [-0.15, -0.1) is 0 Å². The van der Waals surface area contributed by atoms with Gasteiger partial charge in [0.25, 0.3) is 0 Å². The van der Waals surface area contributed by atoms with Crippen LogP contribution in [0.15, 0.2) is 24.3 Å². The monoisotopic (exact) mass is 289 g/mol. The molecule has 6 nitrogen and oxygen atoms in total. The third kappa shape index (κ3) is 2.79. The zero-order chi connectivity index (χ0) is 14.8. The number of amides is 3. The number of methoxy groups -OCH3 is 1. The van der Waals surface area contributed by atoms with Crippen LogP contribution in [0.3, 0.4) is 0 Å². The van der Waals surface area contributed by atoms with Crippen LogP contribution in [0.25, 0.3) is 0 Å². The van der Waals surface area contributed by atoms with E-state index in [2.05, 4.69) is 10.6 Å². The van der Waals surface area contributed by atoms with E-state index in [-0.39, 0.29) is 24.0 Å². The molecule has 1 aromatic carbocycles. The summed E-state index contributed by atoms with van der Waals surface area (Å²) < 4.78 is 5.15. The molecule has 0 unspecified atom stereocenters. The second-order valence-electron chi connectivity index (χ2n) is 5.46. The summed E-state index contributed by atoms with van der Waals surface area (Å²) in [7, 11) is 1.59. The number of anilines is 1. The van der Waals surface area contributed by atoms with Crippen LogP contribution >= 0.6 is 0 Å². The molecule has 2 aliphatic heterocycles. The van der Waals surface area contributed by atoms with Gasteiger partial charge in [-0.1, -0.05) is 6.07 Å². The van der Waals surface area contributed by atoms with Gasteiger partial charge in [0.2, 0.25) is 5.91 Å². The second kappa shape index (κ2) is 5.63. The zero-order valence-corrected chi connectivity index (χ0v) is 12.0. The molecule has 0 spiro atoms. The molecule has 6 heteroatoms. The van der Waals surface area contributed by atoms with Crippen molar-refractivity contribution in [1.82, 2.24) is 10.2 Å². The second-order valence-corrected chi connectivity index (χ2v) is 5.46. The van der Waals surface area contributed by atoms with Crippen LogP contribution in [0, 0.1) is 0 Å². The molecule has 2 saturated heterocycles. The molecule has 1 aromatic rings. The third-order valence-corrected chi connectivity index (χ3v) is 4.13. The van der Waals surface area contributed by atoms with Gasteiger partial charge in [-0.05, 0) is 25.0 Å². The Morgan fingerprint density at radius 3 is 3.00 bits per heavy atom. The molecule has 2 atom stereocenters. The minimum absolute atomic E-state index is 0.00288. The molecule has 0 aromatic heterocycles. The Labute approximate surface area is 123 Å². The topological polar surface area (TPSA) is 70.7 Å². The van der Waals surface area contributed by atoms with E-state index in [1.807, 2.05) is 23.1 Å². The molecule has 0 saturated carbocycles. The van der Waals surface area contributed by atoms with Gasteiger partial charge in [0.1, 0.15) is 5.75 Å². The quantitative estimate of drug-likeness (QED) is 0.868. The third-order valence-electron chi connectivity index (χ3n) is 4.13. The molecule has 0 radical (unpaired) electrons. The summed E-state index contributed by atoms with van der Waals surface area (Å²) in [4.78, 5) is 25.9. The van der Waals surface area contributed by atoms with Crippen LogP contribution in [0.1, 0.15) is 19.3 Å². The summed E-state index contributed by atoms with van der Waals surface area (Å²) in [5.74, 6) is 0.727. The number of rotatable bonds is 2. The fourth-order valence-corrected chi connectivity index (χ4v) is 3.10. The van der Waals surface area contributed by atoms with Gasteiger partial charge >= 0.3 is 6.03 Å². The molecule has 21 heavy (non-hydrogen) atoms. The van der Waals surface area contributed by atoms with Crippen molar-refractivity contribution in [3.8, 4) is 5.75 Å². The Balaban J connectivity index is 1.74. The SMILES string of the molecule is COc1cccc(NC(=O)N2[C@@H]3CC[C@H]2CNC(=O)C3)c1. The minimum Gasteiger partial charge on any atom is -0.497 e. The molecular weight excluding hydrogens is 270 g/mol. The van der Waals surface area contributed by atoms with Crippen LogP contribution in [0.2, 0.25) is 0 Å². The summed E-state index contributed by atoms with van der Waals surface area (Å²) in [5, 5.41) is 5.76. The Morgan fingerprint density at radius 2 is 2.19 bits per heavy atom. The van der Waals surface area contributed by atoms with E-state index in [0.717, 1.165) is 12.8 Å². The number of nitrogens with one attached hydrogen (secondary N) is 2. The fraction of sp³-hybridized carbons (Fsp3) is 0.467.